The molecule has 100 valence electrons. The molecule has 1 aromatic rings. The summed E-state index contributed by atoms with van der Waals surface area (Å²) in [5.74, 6) is -2.55. The van der Waals surface area contributed by atoms with Crippen LogP contribution < -0.4 is 5.73 Å². The Morgan fingerprint density at radius 1 is 1.33 bits per heavy atom. The van der Waals surface area contributed by atoms with Gasteiger partial charge in [0.25, 0.3) is 5.91 Å². The fourth-order valence-electron chi connectivity index (χ4n) is 1.94. The highest BCUT2D eigenvalue weighted by Gasteiger charge is 2.25. The van der Waals surface area contributed by atoms with Crippen LogP contribution in [-0.4, -0.2) is 23.9 Å². The van der Waals surface area contributed by atoms with Gasteiger partial charge in [0.15, 0.2) is 5.82 Å². The van der Waals surface area contributed by atoms with Crippen LogP contribution in [0.15, 0.2) is 12.1 Å². The van der Waals surface area contributed by atoms with Crippen molar-refractivity contribution in [2.75, 3.05) is 12.8 Å². The van der Waals surface area contributed by atoms with Gasteiger partial charge in [-0.2, -0.15) is 0 Å². The van der Waals surface area contributed by atoms with Gasteiger partial charge in [0.1, 0.15) is 11.4 Å². The van der Waals surface area contributed by atoms with E-state index in [2.05, 4.69) is 0 Å². The van der Waals surface area contributed by atoms with Gasteiger partial charge in [0, 0.05) is 13.1 Å². The second-order valence-corrected chi connectivity index (χ2v) is 4.21. The number of nitrogens with two attached hydrogens (primary N) is 1. The summed E-state index contributed by atoms with van der Waals surface area (Å²) < 4.78 is 27.3. The van der Waals surface area contributed by atoms with Crippen molar-refractivity contribution in [2.24, 2.45) is 0 Å². The van der Waals surface area contributed by atoms with Crippen LogP contribution in [0.3, 0.4) is 0 Å². The van der Waals surface area contributed by atoms with Crippen LogP contribution in [0.25, 0.3) is 0 Å². The van der Waals surface area contributed by atoms with Crippen LogP contribution in [0, 0.1) is 11.6 Å². The zero-order valence-electron chi connectivity index (χ0n) is 10.8. The predicted octanol–water partition coefficient (Wildman–Crippen LogP) is 2.81. The molecule has 0 heterocycles. The van der Waals surface area contributed by atoms with Gasteiger partial charge in [0.2, 0.25) is 0 Å². The largest absolute Gasteiger partial charge is 0.396 e. The van der Waals surface area contributed by atoms with Crippen LogP contribution in [0.2, 0.25) is 0 Å². The summed E-state index contributed by atoms with van der Waals surface area (Å²) in [6, 6.07) is 2.07. The molecule has 5 heteroatoms. The summed E-state index contributed by atoms with van der Waals surface area (Å²) in [7, 11) is 1.54. The minimum Gasteiger partial charge on any atom is -0.396 e. The number of rotatable bonds is 4. The van der Waals surface area contributed by atoms with E-state index in [9.17, 15) is 13.6 Å². The Morgan fingerprint density at radius 3 is 2.39 bits per heavy atom. The van der Waals surface area contributed by atoms with Crippen LogP contribution in [-0.2, 0) is 0 Å². The zero-order valence-corrected chi connectivity index (χ0v) is 10.8. The van der Waals surface area contributed by atoms with Gasteiger partial charge in [0.05, 0.1) is 5.69 Å². The molecule has 2 N–H and O–H groups in total. The lowest BCUT2D eigenvalue weighted by Gasteiger charge is -2.26. The predicted molar refractivity (Wildman–Crippen MR) is 67.2 cm³/mol. The lowest BCUT2D eigenvalue weighted by atomic mass is 10.1. The summed E-state index contributed by atoms with van der Waals surface area (Å²) in [5, 5.41) is 0. The van der Waals surface area contributed by atoms with Crippen LogP contribution in [0.5, 0.6) is 0 Å². The number of nitrogens with zero attached hydrogens (tertiary/aromatic N) is 1. The van der Waals surface area contributed by atoms with Crippen LogP contribution in [0.1, 0.15) is 37.0 Å². The Bertz CT molecular complexity index is 445. The van der Waals surface area contributed by atoms with Crippen molar-refractivity contribution >= 4 is 11.6 Å². The van der Waals surface area contributed by atoms with E-state index < -0.39 is 23.1 Å². The topological polar surface area (TPSA) is 46.3 Å². The monoisotopic (exact) mass is 256 g/mol. The fourth-order valence-corrected chi connectivity index (χ4v) is 1.94. The third kappa shape index (κ3) is 2.60. The normalized spacial score (nSPS) is 10.8. The van der Waals surface area contributed by atoms with E-state index in [1.807, 2.05) is 13.8 Å². The van der Waals surface area contributed by atoms with Gasteiger partial charge >= 0.3 is 0 Å². The first-order valence-corrected chi connectivity index (χ1v) is 5.94. The lowest BCUT2D eigenvalue weighted by molar-refractivity contribution is 0.0714. The van der Waals surface area contributed by atoms with Crippen molar-refractivity contribution in [3.05, 3.63) is 29.3 Å². The van der Waals surface area contributed by atoms with Gasteiger partial charge in [-0.1, -0.05) is 13.8 Å². The van der Waals surface area contributed by atoms with Crippen molar-refractivity contribution in [1.29, 1.82) is 0 Å². The van der Waals surface area contributed by atoms with Gasteiger partial charge in [-0.3, -0.25) is 4.79 Å². The molecule has 0 fully saturated rings. The Morgan fingerprint density at radius 2 is 1.89 bits per heavy atom. The molecule has 0 saturated heterocycles. The third-order valence-corrected chi connectivity index (χ3v) is 3.15. The maximum Gasteiger partial charge on any atom is 0.259 e. The first-order valence-electron chi connectivity index (χ1n) is 5.94. The zero-order chi connectivity index (χ0) is 13.9. The van der Waals surface area contributed by atoms with Crippen molar-refractivity contribution in [2.45, 2.75) is 32.7 Å². The quantitative estimate of drug-likeness (QED) is 0.842. The highest BCUT2D eigenvalue weighted by atomic mass is 19.1. The molecule has 0 bridgehead atoms. The molecule has 0 aliphatic rings. The van der Waals surface area contributed by atoms with E-state index in [1.165, 1.54) is 4.90 Å². The summed E-state index contributed by atoms with van der Waals surface area (Å²) in [4.78, 5) is 13.5. The molecule has 18 heavy (non-hydrogen) atoms. The number of amides is 1. The number of benzene rings is 1. The van der Waals surface area contributed by atoms with Crippen molar-refractivity contribution < 1.29 is 13.6 Å². The molecule has 0 spiro atoms. The smallest absolute Gasteiger partial charge is 0.259 e. The first-order chi connectivity index (χ1) is 8.43. The lowest BCUT2D eigenvalue weighted by Crippen LogP contribution is -2.37. The van der Waals surface area contributed by atoms with E-state index in [-0.39, 0.29) is 11.7 Å². The number of hydrogen-bond acceptors (Lipinski definition) is 2. The molecule has 0 aromatic heterocycles. The highest BCUT2D eigenvalue weighted by molar-refractivity contribution is 5.95. The molecule has 0 unspecified atom stereocenters. The number of carbonyl (C=O) groups is 1. The molecule has 0 saturated carbocycles. The van der Waals surface area contributed by atoms with Crippen LogP contribution >= 0.6 is 0 Å². The van der Waals surface area contributed by atoms with E-state index in [0.29, 0.717) is 0 Å². The second-order valence-electron chi connectivity index (χ2n) is 4.21. The van der Waals surface area contributed by atoms with Gasteiger partial charge in [-0.05, 0) is 25.0 Å². The van der Waals surface area contributed by atoms with Crippen molar-refractivity contribution in [3.8, 4) is 0 Å². The number of carbonyl (C=O) groups excluding carboxylic acids is 1. The molecule has 0 radical (unpaired) electrons. The molecule has 1 amide bonds. The number of nitrogen functional groups attached to an aromatic ring is 1. The molecule has 1 aromatic carbocycles. The van der Waals surface area contributed by atoms with Crippen LogP contribution in [0.4, 0.5) is 14.5 Å². The van der Waals surface area contributed by atoms with E-state index in [0.717, 1.165) is 25.0 Å². The summed E-state index contributed by atoms with van der Waals surface area (Å²) >= 11 is 0. The highest BCUT2D eigenvalue weighted by Crippen LogP contribution is 2.21. The Labute approximate surface area is 106 Å². The minimum atomic E-state index is -0.988. The fraction of sp³-hybridized carbons (Fsp3) is 0.462. The summed E-state index contributed by atoms with van der Waals surface area (Å²) in [6.45, 7) is 3.84. The number of hydrogen-bond donors (Lipinski definition) is 1. The van der Waals surface area contributed by atoms with Crippen molar-refractivity contribution in [3.63, 3.8) is 0 Å². The average Bonchev–Trinajstić information content (AvgIpc) is 2.35. The number of halogens is 2. The summed E-state index contributed by atoms with van der Waals surface area (Å²) in [6.07, 6.45) is 1.45. The Balaban J connectivity index is 3.15. The number of anilines is 1. The molecule has 0 aliphatic carbocycles. The standard InChI is InChI=1S/C13H18F2N2O/c1-4-8(5-2)17(3)13(18)11-9(14)6-7-10(16)12(11)15/h6-8H,4-5,16H2,1-3H3. The van der Waals surface area contributed by atoms with Gasteiger partial charge < -0.3 is 10.6 Å². The van der Waals surface area contributed by atoms with E-state index in [1.54, 1.807) is 7.05 Å². The van der Waals surface area contributed by atoms with Gasteiger partial charge in [-0.15, -0.1) is 0 Å². The molecule has 0 aliphatic heterocycles. The summed E-state index contributed by atoms with van der Waals surface area (Å²) in [5.41, 5.74) is 4.55. The SMILES string of the molecule is CCC(CC)N(C)C(=O)c1c(F)ccc(N)c1F. The maximum atomic E-state index is 13.7. The third-order valence-electron chi connectivity index (χ3n) is 3.15. The molecule has 0 atom stereocenters. The Hall–Kier alpha value is -1.65. The molecular weight excluding hydrogens is 238 g/mol. The van der Waals surface area contributed by atoms with E-state index in [4.69, 9.17) is 5.73 Å². The second kappa shape index (κ2) is 5.80. The molecular formula is C13H18F2N2O. The Kier molecular flexibility index (Phi) is 4.64. The average molecular weight is 256 g/mol. The van der Waals surface area contributed by atoms with Crippen molar-refractivity contribution in [1.82, 2.24) is 4.90 Å². The van der Waals surface area contributed by atoms with Gasteiger partial charge in [-0.25, -0.2) is 8.78 Å². The van der Waals surface area contributed by atoms with E-state index >= 15 is 0 Å². The maximum absolute atomic E-state index is 13.7. The molecule has 3 nitrogen and oxygen atoms in total. The minimum absolute atomic E-state index is 0.0438. The first kappa shape index (κ1) is 14.4. The molecule has 1 rings (SSSR count).